The summed E-state index contributed by atoms with van der Waals surface area (Å²) in [7, 11) is 0. The number of rotatable bonds is 6. The van der Waals surface area contributed by atoms with Crippen molar-refractivity contribution in [1.82, 2.24) is 15.2 Å². The van der Waals surface area contributed by atoms with Crippen LogP contribution in [0.1, 0.15) is 11.4 Å². The van der Waals surface area contributed by atoms with Gasteiger partial charge in [0.25, 0.3) is 5.69 Å². The molecule has 0 amide bonds. The molecule has 0 aliphatic carbocycles. The average molecular weight is 323 g/mol. The zero-order chi connectivity index (χ0) is 16.9. The van der Waals surface area contributed by atoms with Gasteiger partial charge in [-0.2, -0.15) is 5.10 Å². The fourth-order valence-electron chi connectivity index (χ4n) is 2.38. The number of aryl methyl sites for hydroxylation is 1. The number of nitro groups is 1. The number of hydrogen-bond donors (Lipinski definition) is 2. The van der Waals surface area contributed by atoms with Crippen molar-refractivity contribution in [2.75, 3.05) is 11.9 Å². The highest BCUT2D eigenvalue weighted by Crippen LogP contribution is 2.20. The molecule has 2 N–H and O–H groups in total. The first-order chi connectivity index (χ1) is 11.6. The maximum absolute atomic E-state index is 10.8. The van der Waals surface area contributed by atoms with Gasteiger partial charge in [0.15, 0.2) is 5.82 Å². The van der Waals surface area contributed by atoms with Crippen LogP contribution in [0.3, 0.4) is 0 Å². The fraction of sp³-hybridized carbons (Fsp3) is 0.176. The van der Waals surface area contributed by atoms with Crippen LogP contribution in [0.2, 0.25) is 0 Å². The molecule has 1 aromatic heterocycles. The minimum absolute atomic E-state index is 0.0277. The largest absolute Gasteiger partial charge is 0.385 e. The number of benzene rings is 2. The Morgan fingerprint density at radius 1 is 1.21 bits per heavy atom. The van der Waals surface area contributed by atoms with Gasteiger partial charge in [-0.3, -0.25) is 15.2 Å². The van der Waals surface area contributed by atoms with Crippen molar-refractivity contribution in [1.29, 1.82) is 0 Å². The molecule has 1 heterocycles. The lowest BCUT2D eigenvalue weighted by Gasteiger charge is -2.05. The number of aromatic nitrogens is 3. The van der Waals surface area contributed by atoms with Gasteiger partial charge in [0, 0.05) is 36.3 Å². The third kappa shape index (κ3) is 3.75. The molecule has 0 unspecified atom stereocenters. The van der Waals surface area contributed by atoms with Crippen LogP contribution >= 0.6 is 0 Å². The van der Waals surface area contributed by atoms with E-state index >= 15 is 0 Å². The van der Waals surface area contributed by atoms with Crippen molar-refractivity contribution in [2.24, 2.45) is 0 Å². The first kappa shape index (κ1) is 15.7. The molecular formula is C17H17N5O2. The van der Waals surface area contributed by atoms with Gasteiger partial charge < -0.3 is 5.32 Å². The van der Waals surface area contributed by atoms with Gasteiger partial charge in [0.05, 0.1) is 4.92 Å². The summed E-state index contributed by atoms with van der Waals surface area (Å²) < 4.78 is 0. The molecular weight excluding hydrogens is 306 g/mol. The topological polar surface area (TPSA) is 96.7 Å². The number of anilines is 1. The number of nitro benzene ring substituents is 1. The van der Waals surface area contributed by atoms with Crippen molar-refractivity contribution in [2.45, 2.75) is 13.3 Å². The van der Waals surface area contributed by atoms with Crippen molar-refractivity contribution in [3.8, 4) is 11.4 Å². The van der Waals surface area contributed by atoms with Gasteiger partial charge >= 0.3 is 0 Å². The summed E-state index contributed by atoms with van der Waals surface area (Å²) >= 11 is 0. The van der Waals surface area contributed by atoms with Gasteiger partial charge in [-0.25, -0.2) is 4.98 Å². The number of H-pyrrole nitrogens is 1. The maximum atomic E-state index is 10.8. The van der Waals surface area contributed by atoms with Crippen molar-refractivity contribution in [3.63, 3.8) is 0 Å². The van der Waals surface area contributed by atoms with Gasteiger partial charge in [0.1, 0.15) is 5.82 Å². The van der Waals surface area contributed by atoms with E-state index in [-0.39, 0.29) is 5.69 Å². The van der Waals surface area contributed by atoms with Crippen LogP contribution in [0, 0.1) is 17.0 Å². The molecule has 0 aliphatic heterocycles. The van der Waals surface area contributed by atoms with Crippen molar-refractivity contribution in [3.05, 3.63) is 70.0 Å². The van der Waals surface area contributed by atoms with Gasteiger partial charge in [-0.15, -0.1) is 0 Å². The van der Waals surface area contributed by atoms with Gasteiger partial charge in [-0.1, -0.05) is 24.3 Å². The van der Waals surface area contributed by atoms with Crippen LogP contribution in [0.5, 0.6) is 0 Å². The minimum atomic E-state index is -0.428. The second kappa shape index (κ2) is 6.91. The van der Waals surface area contributed by atoms with Crippen LogP contribution < -0.4 is 5.32 Å². The number of nitrogens with zero attached hydrogens (tertiary/aromatic N) is 3. The third-order valence-electron chi connectivity index (χ3n) is 3.56. The lowest BCUT2D eigenvalue weighted by Crippen LogP contribution is -2.06. The zero-order valence-electron chi connectivity index (χ0n) is 13.2. The first-order valence-electron chi connectivity index (χ1n) is 7.58. The summed E-state index contributed by atoms with van der Waals surface area (Å²) in [6.07, 6.45) is 0.676. The van der Waals surface area contributed by atoms with Crippen LogP contribution in [0.25, 0.3) is 11.4 Å². The summed E-state index contributed by atoms with van der Waals surface area (Å²) in [5, 5.41) is 21.2. The maximum Gasteiger partial charge on any atom is 0.270 e. The minimum Gasteiger partial charge on any atom is -0.385 e. The summed E-state index contributed by atoms with van der Waals surface area (Å²) in [5.41, 5.74) is 2.92. The van der Waals surface area contributed by atoms with Crippen molar-refractivity contribution >= 4 is 11.4 Å². The Labute approximate surface area is 138 Å². The summed E-state index contributed by atoms with van der Waals surface area (Å²) in [4.78, 5) is 14.8. The van der Waals surface area contributed by atoms with Crippen LogP contribution in [-0.4, -0.2) is 26.6 Å². The molecule has 7 nitrogen and oxygen atoms in total. The Morgan fingerprint density at radius 3 is 2.83 bits per heavy atom. The Hall–Kier alpha value is -3.22. The Kier molecular flexibility index (Phi) is 4.51. The van der Waals surface area contributed by atoms with E-state index in [2.05, 4.69) is 26.6 Å². The highest BCUT2D eigenvalue weighted by molar-refractivity contribution is 5.58. The molecule has 24 heavy (non-hydrogen) atoms. The van der Waals surface area contributed by atoms with Crippen molar-refractivity contribution < 1.29 is 4.92 Å². The second-order valence-corrected chi connectivity index (χ2v) is 5.46. The Morgan fingerprint density at radius 2 is 2.04 bits per heavy atom. The number of non-ortho nitro benzene ring substituents is 1. The average Bonchev–Trinajstić information content (AvgIpc) is 3.04. The van der Waals surface area contributed by atoms with E-state index in [1.54, 1.807) is 12.1 Å². The molecule has 0 fully saturated rings. The lowest BCUT2D eigenvalue weighted by molar-refractivity contribution is -0.384. The van der Waals surface area contributed by atoms with E-state index in [1.807, 2.05) is 25.1 Å². The van der Waals surface area contributed by atoms with E-state index in [0.717, 1.165) is 11.5 Å². The van der Waals surface area contributed by atoms with E-state index < -0.39 is 4.92 Å². The second-order valence-electron chi connectivity index (χ2n) is 5.46. The molecule has 0 saturated heterocycles. The monoisotopic (exact) mass is 323 g/mol. The smallest absolute Gasteiger partial charge is 0.270 e. The quantitative estimate of drug-likeness (QED) is 0.535. The van der Waals surface area contributed by atoms with E-state index in [1.165, 1.54) is 17.7 Å². The van der Waals surface area contributed by atoms with Crippen LogP contribution in [-0.2, 0) is 6.42 Å². The molecule has 0 atom stereocenters. The van der Waals surface area contributed by atoms with Gasteiger partial charge in [0.2, 0.25) is 0 Å². The summed E-state index contributed by atoms with van der Waals surface area (Å²) in [6.45, 7) is 2.76. The molecule has 0 aliphatic rings. The predicted octanol–water partition coefficient (Wildman–Crippen LogP) is 3.34. The number of nitrogens with one attached hydrogen (secondary N) is 2. The van der Waals surface area contributed by atoms with E-state index in [9.17, 15) is 10.1 Å². The first-order valence-corrected chi connectivity index (χ1v) is 7.58. The fourth-order valence-corrected chi connectivity index (χ4v) is 2.38. The molecule has 3 aromatic rings. The van der Waals surface area contributed by atoms with E-state index in [4.69, 9.17) is 0 Å². The Balaban J connectivity index is 1.63. The lowest BCUT2D eigenvalue weighted by atomic mass is 10.2. The number of aromatic amines is 1. The van der Waals surface area contributed by atoms with Crippen LogP contribution in [0.4, 0.5) is 11.4 Å². The molecule has 122 valence electrons. The Bertz CT molecular complexity index is 859. The molecule has 3 rings (SSSR count). The highest BCUT2D eigenvalue weighted by Gasteiger charge is 2.10. The summed E-state index contributed by atoms with van der Waals surface area (Å²) in [6, 6.07) is 14.4. The molecule has 0 radical (unpaired) electrons. The molecule has 0 saturated carbocycles. The molecule has 0 bridgehead atoms. The third-order valence-corrected chi connectivity index (χ3v) is 3.56. The number of hydrogen-bond acceptors (Lipinski definition) is 5. The molecule has 7 heteroatoms. The molecule has 0 spiro atoms. The SMILES string of the molecule is Cc1cccc(NCCc2nc(-c3cccc([N+](=O)[O-])c3)n[nH]2)c1. The van der Waals surface area contributed by atoms with Gasteiger partial charge in [-0.05, 0) is 24.6 Å². The predicted molar refractivity (Wildman–Crippen MR) is 91.8 cm³/mol. The highest BCUT2D eigenvalue weighted by atomic mass is 16.6. The summed E-state index contributed by atoms with van der Waals surface area (Å²) in [5.74, 6) is 1.20. The molecule has 2 aromatic carbocycles. The van der Waals surface area contributed by atoms with E-state index in [0.29, 0.717) is 24.4 Å². The normalized spacial score (nSPS) is 10.5. The zero-order valence-corrected chi connectivity index (χ0v) is 13.2. The standard InChI is InChI=1S/C17H17N5O2/c1-12-4-2-6-14(10-12)18-9-8-16-19-17(21-20-16)13-5-3-7-15(11-13)22(23)24/h2-7,10-11,18H,8-9H2,1H3,(H,19,20,21). The van der Waals surface area contributed by atoms with Crippen LogP contribution in [0.15, 0.2) is 48.5 Å².